The third-order valence-electron chi connectivity index (χ3n) is 3.01. The average molecular weight is 342 g/mol. The number of pyridine rings is 1. The van der Waals surface area contributed by atoms with Crippen molar-refractivity contribution < 1.29 is 4.79 Å². The van der Waals surface area contributed by atoms with Gasteiger partial charge in [0.05, 0.1) is 0 Å². The van der Waals surface area contributed by atoms with Crippen molar-refractivity contribution in [2.75, 3.05) is 13.1 Å². The Labute approximate surface area is 143 Å². The molecule has 1 aromatic carbocycles. The second-order valence-electron chi connectivity index (χ2n) is 4.67. The summed E-state index contributed by atoms with van der Waals surface area (Å²) in [4.78, 5) is 18.5. The Morgan fingerprint density at radius 3 is 2.36 bits per heavy atom. The number of aryl methyl sites for hydroxylation is 1. The van der Waals surface area contributed by atoms with Gasteiger partial charge in [-0.05, 0) is 24.6 Å². The van der Waals surface area contributed by atoms with E-state index in [-0.39, 0.29) is 30.7 Å². The van der Waals surface area contributed by atoms with E-state index in [4.69, 9.17) is 5.73 Å². The van der Waals surface area contributed by atoms with Gasteiger partial charge in [0.25, 0.3) is 5.91 Å². The molecule has 0 aliphatic heterocycles. The van der Waals surface area contributed by atoms with Crippen molar-refractivity contribution in [3.8, 4) is 0 Å². The topological polar surface area (TPSA) is 59.2 Å². The predicted octanol–water partition coefficient (Wildman–Crippen LogP) is 2.83. The van der Waals surface area contributed by atoms with E-state index in [0.717, 1.165) is 11.3 Å². The molecule has 4 nitrogen and oxygen atoms in total. The largest absolute Gasteiger partial charge is 0.332 e. The summed E-state index contributed by atoms with van der Waals surface area (Å²) in [6, 6.07) is 15.3. The summed E-state index contributed by atoms with van der Waals surface area (Å²) < 4.78 is 0. The summed E-state index contributed by atoms with van der Waals surface area (Å²) in [6.07, 6.45) is 0. The maximum absolute atomic E-state index is 12.5. The van der Waals surface area contributed by atoms with Gasteiger partial charge >= 0.3 is 0 Å². The molecule has 2 rings (SSSR count). The zero-order chi connectivity index (χ0) is 14.4. The monoisotopic (exact) mass is 341 g/mol. The normalized spacial score (nSPS) is 9.36. The highest BCUT2D eigenvalue weighted by Crippen LogP contribution is 2.09. The van der Waals surface area contributed by atoms with E-state index >= 15 is 0 Å². The third-order valence-corrected chi connectivity index (χ3v) is 3.01. The zero-order valence-electron chi connectivity index (χ0n) is 12.4. The lowest BCUT2D eigenvalue weighted by molar-refractivity contribution is 0.0742. The van der Waals surface area contributed by atoms with Crippen molar-refractivity contribution in [3.05, 3.63) is 65.5 Å². The molecule has 1 amide bonds. The predicted molar refractivity (Wildman–Crippen MR) is 93.7 cm³/mol. The Kier molecular flexibility index (Phi) is 9.42. The van der Waals surface area contributed by atoms with Crippen LogP contribution in [0.5, 0.6) is 0 Å². The van der Waals surface area contributed by atoms with Crippen molar-refractivity contribution in [3.63, 3.8) is 0 Å². The van der Waals surface area contributed by atoms with Gasteiger partial charge < -0.3 is 10.6 Å². The molecule has 2 N–H and O–H groups in total. The van der Waals surface area contributed by atoms with Gasteiger partial charge in [-0.2, -0.15) is 0 Å². The van der Waals surface area contributed by atoms with Crippen LogP contribution >= 0.6 is 24.8 Å². The van der Waals surface area contributed by atoms with Gasteiger partial charge in [-0.25, -0.2) is 4.98 Å². The van der Waals surface area contributed by atoms with Crippen LogP contribution in [0.1, 0.15) is 21.7 Å². The average Bonchev–Trinajstić information content (AvgIpc) is 2.47. The maximum atomic E-state index is 12.5. The van der Waals surface area contributed by atoms with Crippen LogP contribution in [0.3, 0.4) is 0 Å². The van der Waals surface area contributed by atoms with Crippen molar-refractivity contribution in [1.29, 1.82) is 0 Å². The van der Waals surface area contributed by atoms with E-state index in [9.17, 15) is 4.79 Å². The SMILES string of the molecule is Cc1cccc(C(=O)N(CCN)Cc2ccccc2)n1.Cl.Cl. The number of amides is 1. The fourth-order valence-corrected chi connectivity index (χ4v) is 2.04. The number of hydrogen-bond acceptors (Lipinski definition) is 3. The van der Waals surface area contributed by atoms with Crippen LogP contribution in [0.15, 0.2) is 48.5 Å². The Balaban J connectivity index is 0.00000220. The second-order valence-corrected chi connectivity index (χ2v) is 4.67. The van der Waals surface area contributed by atoms with Crippen LogP contribution in [0, 0.1) is 6.92 Å². The summed E-state index contributed by atoms with van der Waals surface area (Å²) >= 11 is 0. The fraction of sp³-hybridized carbons (Fsp3) is 0.250. The Morgan fingerprint density at radius 2 is 1.77 bits per heavy atom. The molecule has 0 atom stereocenters. The molecule has 0 unspecified atom stereocenters. The van der Waals surface area contributed by atoms with Crippen LogP contribution in [-0.4, -0.2) is 28.9 Å². The molecule has 0 radical (unpaired) electrons. The van der Waals surface area contributed by atoms with E-state index in [1.165, 1.54) is 0 Å². The molecule has 1 aromatic heterocycles. The van der Waals surface area contributed by atoms with Crippen molar-refractivity contribution in [2.24, 2.45) is 5.73 Å². The minimum atomic E-state index is -0.0806. The van der Waals surface area contributed by atoms with Gasteiger partial charge in [-0.1, -0.05) is 36.4 Å². The molecule has 120 valence electrons. The number of halogens is 2. The highest BCUT2D eigenvalue weighted by Gasteiger charge is 2.16. The molecule has 2 aromatic rings. The highest BCUT2D eigenvalue weighted by molar-refractivity contribution is 5.92. The smallest absolute Gasteiger partial charge is 0.272 e. The van der Waals surface area contributed by atoms with E-state index < -0.39 is 0 Å². The molecule has 6 heteroatoms. The van der Waals surface area contributed by atoms with Crippen LogP contribution in [0.25, 0.3) is 0 Å². The summed E-state index contributed by atoms with van der Waals surface area (Å²) in [5, 5.41) is 0. The summed E-state index contributed by atoms with van der Waals surface area (Å²) in [5.74, 6) is -0.0806. The van der Waals surface area contributed by atoms with Crippen LogP contribution in [0.4, 0.5) is 0 Å². The minimum absolute atomic E-state index is 0. The van der Waals surface area contributed by atoms with Crippen molar-refractivity contribution in [1.82, 2.24) is 9.88 Å². The maximum Gasteiger partial charge on any atom is 0.272 e. The molecule has 22 heavy (non-hydrogen) atoms. The van der Waals surface area contributed by atoms with Gasteiger partial charge in [0, 0.05) is 25.3 Å². The van der Waals surface area contributed by atoms with E-state index in [0.29, 0.717) is 25.3 Å². The van der Waals surface area contributed by atoms with Gasteiger partial charge in [0.2, 0.25) is 0 Å². The van der Waals surface area contributed by atoms with Crippen LogP contribution in [0.2, 0.25) is 0 Å². The third kappa shape index (κ3) is 5.64. The van der Waals surface area contributed by atoms with Crippen LogP contribution in [-0.2, 0) is 6.54 Å². The first kappa shape index (κ1) is 20.4. The number of nitrogens with two attached hydrogens (primary N) is 1. The molecule has 0 saturated heterocycles. The Bertz CT molecular complexity index is 579. The lowest BCUT2D eigenvalue weighted by atomic mass is 10.2. The lowest BCUT2D eigenvalue weighted by Gasteiger charge is -2.22. The Morgan fingerprint density at radius 1 is 1.09 bits per heavy atom. The molecule has 0 aliphatic rings. The fourth-order valence-electron chi connectivity index (χ4n) is 2.04. The molecule has 0 spiro atoms. The first-order chi connectivity index (χ1) is 9.70. The van der Waals surface area contributed by atoms with E-state index in [1.54, 1.807) is 11.0 Å². The number of benzene rings is 1. The molecule has 0 saturated carbocycles. The zero-order valence-corrected chi connectivity index (χ0v) is 14.1. The standard InChI is InChI=1S/C16H19N3O.2ClH/c1-13-6-5-9-15(18-13)16(20)19(11-10-17)12-14-7-3-2-4-8-14;;/h2-9H,10-12,17H2,1H3;2*1H. The first-order valence-corrected chi connectivity index (χ1v) is 6.67. The molecule has 0 fully saturated rings. The summed E-state index contributed by atoms with van der Waals surface area (Å²) in [5.41, 5.74) is 8.00. The van der Waals surface area contributed by atoms with Gasteiger partial charge in [-0.3, -0.25) is 4.79 Å². The van der Waals surface area contributed by atoms with E-state index in [1.807, 2.05) is 49.4 Å². The number of carbonyl (C=O) groups excluding carboxylic acids is 1. The number of carbonyl (C=O) groups is 1. The number of hydrogen-bond donors (Lipinski definition) is 1. The Hall–Kier alpha value is -1.62. The van der Waals surface area contributed by atoms with Crippen molar-refractivity contribution in [2.45, 2.75) is 13.5 Å². The number of nitrogens with zero attached hydrogens (tertiary/aromatic N) is 2. The molecular formula is C16H21Cl2N3O. The summed E-state index contributed by atoms with van der Waals surface area (Å²) in [7, 11) is 0. The summed E-state index contributed by atoms with van der Waals surface area (Å²) in [6.45, 7) is 3.38. The van der Waals surface area contributed by atoms with Gasteiger partial charge in [-0.15, -0.1) is 24.8 Å². The first-order valence-electron chi connectivity index (χ1n) is 6.67. The quantitative estimate of drug-likeness (QED) is 0.909. The van der Waals surface area contributed by atoms with Gasteiger partial charge in [0.1, 0.15) is 5.69 Å². The number of rotatable bonds is 5. The van der Waals surface area contributed by atoms with Crippen molar-refractivity contribution >= 4 is 30.7 Å². The molecular weight excluding hydrogens is 321 g/mol. The van der Waals surface area contributed by atoms with Crippen LogP contribution < -0.4 is 5.73 Å². The molecule has 0 aliphatic carbocycles. The second kappa shape index (κ2) is 10.2. The number of aromatic nitrogens is 1. The highest BCUT2D eigenvalue weighted by atomic mass is 35.5. The lowest BCUT2D eigenvalue weighted by Crippen LogP contribution is -2.35. The molecule has 0 bridgehead atoms. The molecule has 1 heterocycles. The van der Waals surface area contributed by atoms with E-state index in [2.05, 4.69) is 4.98 Å². The van der Waals surface area contributed by atoms with Gasteiger partial charge in [0.15, 0.2) is 0 Å². The minimum Gasteiger partial charge on any atom is -0.332 e.